The monoisotopic (exact) mass is 354 g/mol. The van der Waals surface area contributed by atoms with Crippen LogP contribution in [0.25, 0.3) is 0 Å². The van der Waals surface area contributed by atoms with Crippen molar-refractivity contribution in [1.29, 1.82) is 0 Å². The molecular formula is C17H24ClFN4O. The number of amides is 1. The second kappa shape index (κ2) is 7.68. The van der Waals surface area contributed by atoms with Crippen molar-refractivity contribution in [3.63, 3.8) is 0 Å². The molecule has 2 saturated heterocycles. The van der Waals surface area contributed by atoms with E-state index in [4.69, 9.17) is 11.6 Å². The van der Waals surface area contributed by atoms with Crippen LogP contribution in [0.4, 0.5) is 10.1 Å². The zero-order chi connectivity index (χ0) is 17.1. The van der Waals surface area contributed by atoms with Crippen LogP contribution < -0.4 is 15.5 Å². The smallest absolute Gasteiger partial charge is 0.237 e. The average molecular weight is 355 g/mol. The summed E-state index contributed by atoms with van der Waals surface area (Å²) in [6.07, 6.45) is 1.83. The summed E-state index contributed by atoms with van der Waals surface area (Å²) >= 11 is 6.07. The van der Waals surface area contributed by atoms with Crippen LogP contribution >= 0.6 is 11.6 Å². The van der Waals surface area contributed by atoms with Gasteiger partial charge in [-0.1, -0.05) is 11.6 Å². The van der Waals surface area contributed by atoms with Gasteiger partial charge in [-0.05, 0) is 38.6 Å². The highest BCUT2D eigenvalue weighted by molar-refractivity contribution is 6.31. The van der Waals surface area contributed by atoms with Gasteiger partial charge in [0.1, 0.15) is 5.82 Å². The Balaban J connectivity index is 1.68. The molecule has 2 fully saturated rings. The van der Waals surface area contributed by atoms with Crippen LogP contribution in [0.5, 0.6) is 0 Å². The van der Waals surface area contributed by atoms with Gasteiger partial charge in [-0.25, -0.2) is 4.39 Å². The van der Waals surface area contributed by atoms with E-state index in [1.165, 1.54) is 0 Å². The third-order valence-corrected chi connectivity index (χ3v) is 5.06. The second-order valence-corrected chi connectivity index (χ2v) is 6.96. The molecule has 2 aliphatic rings. The number of anilines is 1. The number of carbonyl (C=O) groups is 1. The van der Waals surface area contributed by atoms with Gasteiger partial charge in [0.2, 0.25) is 5.91 Å². The number of nitrogens with one attached hydrogen (secondary N) is 2. The molecule has 2 N–H and O–H groups in total. The van der Waals surface area contributed by atoms with E-state index in [0.29, 0.717) is 5.56 Å². The van der Waals surface area contributed by atoms with Gasteiger partial charge in [0, 0.05) is 44.0 Å². The Hall–Kier alpha value is -1.37. The van der Waals surface area contributed by atoms with Crippen LogP contribution in [-0.4, -0.2) is 56.6 Å². The van der Waals surface area contributed by atoms with E-state index >= 15 is 0 Å². The fraction of sp³-hybridized carbons (Fsp3) is 0.588. The average Bonchev–Trinajstić information content (AvgIpc) is 3.11. The summed E-state index contributed by atoms with van der Waals surface area (Å²) in [5, 5.41) is 6.07. The lowest BCUT2D eigenvalue weighted by Crippen LogP contribution is -2.44. The molecule has 24 heavy (non-hydrogen) atoms. The van der Waals surface area contributed by atoms with Gasteiger partial charge in [-0.2, -0.15) is 0 Å². The normalized spacial score (nSPS) is 22.0. The van der Waals surface area contributed by atoms with E-state index in [-0.39, 0.29) is 23.5 Å². The number of nitrogens with zero attached hydrogens (tertiary/aromatic N) is 2. The molecule has 0 aliphatic carbocycles. The van der Waals surface area contributed by atoms with E-state index in [1.54, 1.807) is 12.1 Å². The molecule has 7 heteroatoms. The zero-order valence-electron chi connectivity index (χ0n) is 13.9. The predicted octanol–water partition coefficient (Wildman–Crippen LogP) is 1.60. The lowest BCUT2D eigenvalue weighted by atomic mass is 10.1. The molecule has 3 rings (SSSR count). The molecule has 0 radical (unpaired) electrons. The van der Waals surface area contributed by atoms with Crippen molar-refractivity contribution < 1.29 is 9.18 Å². The Kier molecular flexibility index (Phi) is 5.58. The van der Waals surface area contributed by atoms with Gasteiger partial charge in [-0.15, -0.1) is 0 Å². The Morgan fingerprint density at radius 1 is 1.38 bits per heavy atom. The minimum atomic E-state index is -0.450. The van der Waals surface area contributed by atoms with Crippen LogP contribution in [0.1, 0.15) is 18.4 Å². The Morgan fingerprint density at radius 3 is 2.79 bits per heavy atom. The first-order valence-electron chi connectivity index (χ1n) is 8.47. The Labute approximate surface area is 147 Å². The zero-order valence-corrected chi connectivity index (χ0v) is 14.7. The first-order valence-corrected chi connectivity index (χ1v) is 8.85. The Morgan fingerprint density at radius 2 is 2.12 bits per heavy atom. The fourth-order valence-electron chi connectivity index (χ4n) is 3.22. The van der Waals surface area contributed by atoms with Gasteiger partial charge < -0.3 is 20.4 Å². The van der Waals surface area contributed by atoms with E-state index in [1.807, 2.05) is 0 Å². The SMILES string of the molecule is CN1CCN(c2cc(Cl)c(F)c(CNC(=O)[C@@H]3CCCN3)c2)CC1. The van der Waals surface area contributed by atoms with Crippen molar-refractivity contribution in [3.05, 3.63) is 28.5 Å². The molecule has 132 valence electrons. The molecule has 5 nitrogen and oxygen atoms in total. The maximum Gasteiger partial charge on any atom is 0.237 e. The lowest BCUT2D eigenvalue weighted by Gasteiger charge is -2.34. The van der Waals surface area contributed by atoms with E-state index in [0.717, 1.165) is 51.3 Å². The standard InChI is InChI=1S/C17H24ClFN4O/c1-22-5-7-23(8-6-22)13-9-12(16(19)14(18)10-13)11-21-17(24)15-3-2-4-20-15/h9-10,15,20H,2-8,11H2,1H3,(H,21,24)/t15-/m0/s1. The summed E-state index contributed by atoms with van der Waals surface area (Å²) in [6, 6.07) is 3.31. The number of likely N-dealkylation sites (N-methyl/N-ethyl adjacent to an activating group) is 1. The minimum Gasteiger partial charge on any atom is -0.369 e. The highest BCUT2D eigenvalue weighted by Crippen LogP contribution is 2.27. The second-order valence-electron chi connectivity index (χ2n) is 6.56. The van der Waals surface area contributed by atoms with Crippen molar-refractivity contribution in [1.82, 2.24) is 15.5 Å². The van der Waals surface area contributed by atoms with Crippen molar-refractivity contribution in [3.8, 4) is 0 Å². The molecule has 0 aromatic heterocycles. The molecule has 2 aliphatic heterocycles. The summed E-state index contributed by atoms with van der Waals surface area (Å²) in [5.41, 5.74) is 1.35. The van der Waals surface area contributed by atoms with Crippen LogP contribution in [0, 0.1) is 5.82 Å². The van der Waals surface area contributed by atoms with Crippen LogP contribution in [-0.2, 0) is 11.3 Å². The molecule has 1 aromatic rings. The largest absolute Gasteiger partial charge is 0.369 e. The van der Waals surface area contributed by atoms with Crippen LogP contribution in [0.2, 0.25) is 5.02 Å². The van der Waals surface area contributed by atoms with Gasteiger partial charge in [0.15, 0.2) is 0 Å². The number of hydrogen-bond donors (Lipinski definition) is 2. The maximum absolute atomic E-state index is 14.3. The third kappa shape index (κ3) is 3.99. The molecule has 0 saturated carbocycles. The van der Waals surface area contributed by atoms with Crippen molar-refractivity contribution in [2.75, 3.05) is 44.7 Å². The number of carbonyl (C=O) groups excluding carboxylic acids is 1. The highest BCUT2D eigenvalue weighted by Gasteiger charge is 2.22. The minimum absolute atomic E-state index is 0.0759. The number of benzene rings is 1. The summed E-state index contributed by atoms with van der Waals surface area (Å²) in [6.45, 7) is 4.72. The fourth-order valence-corrected chi connectivity index (χ4v) is 3.45. The predicted molar refractivity (Wildman–Crippen MR) is 94.0 cm³/mol. The van der Waals surface area contributed by atoms with Crippen LogP contribution in [0.3, 0.4) is 0 Å². The van der Waals surface area contributed by atoms with Gasteiger partial charge >= 0.3 is 0 Å². The first-order chi connectivity index (χ1) is 11.5. The number of halogens is 2. The molecular weight excluding hydrogens is 331 g/mol. The number of hydrogen-bond acceptors (Lipinski definition) is 4. The number of rotatable bonds is 4. The molecule has 1 amide bonds. The molecule has 1 atom stereocenters. The molecule has 0 unspecified atom stereocenters. The van der Waals surface area contributed by atoms with E-state index in [2.05, 4.69) is 27.5 Å². The number of piperazine rings is 1. The Bertz CT molecular complexity index is 598. The summed E-state index contributed by atoms with van der Waals surface area (Å²) < 4.78 is 14.3. The van der Waals surface area contributed by atoms with Gasteiger partial charge in [0.25, 0.3) is 0 Å². The summed E-state index contributed by atoms with van der Waals surface area (Å²) in [7, 11) is 2.09. The molecule has 0 bridgehead atoms. The first kappa shape index (κ1) is 17.5. The molecule has 1 aromatic carbocycles. The topological polar surface area (TPSA) is 47.6 Å². The molecule has 0 spiro atoms. The molecule has 2 heterocycles. The van der Waals surface area contributed by atoms with Gasteiger partial charge in [0.05, 0.1) is 11.1 Å². The maximum atomic E-state index is 14.3. The third-order valence-electron chi connectivity index (χ3n) is 4.79. The summed E-state index contributed by atoms with van der Waals surface area (Å²) in [4.78, 5) is 16.6. The van der Waals surface area contributed by atoms with Crippen LogP contribution in [0.15, 0.2) is 12.1 Å². The van der Waals surface area contributed by atoms with Crippen molar-refractivity contribution in [2.45, 2.75) is 25.4 Å². The van der Waals surface area contributed by atoms with Crippen molar-refractivity contribution in [2.24, 2.45) is 0 Å². The van der Waals surface area contributed by atoms with Gasteiger partial charge in [-0.3, -0.25) is 4.79 Å². The highest BCUT2D eigenvalue weighted by atomic mass is 35.5. The van der Waals surface area contributed by atoms with E-state index in [9.17, 15) is 9.18 Å². The quantitative estimate of drug-likeness (QED) is 0.862. The van der Waals surface area contributed by atoms with E-state index < -0.39 is 5.82 Å². The lowest BCUT2D eigenvalue weighted by molar-refractivity contribution is -0.122. The van der Waals surface area contributed by atoms with Crippen molar-refractivity contribution >= 4 is 23.2 Å². The summed E-state index contributed by atoms with van der Waals surface area (Å²) in [5.74, 6) is -0.526.